The highest BCUT2D eigenvalue weighted by molar-refractivity contribution is 6.33. The standard InChI is InChI=1S/C20H22ClN7O2/c21-15-9-13(19(29)27-5-1-2-6-27)10-23-17(15)26-7-3-14(4-8-26)28-18-16(25-20(28)30)11-22-12-24-18/h9-12,14H,1-8H2,(H,25,30). The van der Waals surface area contributed by atoms with E-state index in [4.69, 9.17) is 11.6 Å². The Balaban J connectivity index is 1.31. The van der Waals surface area contributed by atoms with Crippen LogP contribution in [0.1, 0.15) is 42.1 Å². The number of anilines is 1. The van der Waals surface area contributed by atoms with Gasteiger partial charge in [0.05, 0.1) is 16.8 Å². The van der Waals surface area contributed by atoms with Crippen LogP contribution >= 0.6 is 11.6 Å². The zero-order valence-electron chi connectivity index (χ0n) is 16.4. The summed E-state index contributed by atoms with van der Waals surface area (Å²) < 4.78 is 1.72. The molecule has 5 heterocycles. The van der Waals surface area contributed by atoms with E-state index in [0.717, 1.165) is 38.8 Å². The number of halogens is 1. The molecule has 30 heavy (non-hydrogen) atoms. The van der Waals surface area contributed by atoms with Gasteiger partial charge in [-0.15, -0.1) is 0 Å². The Morgan fingerprint density at radius 2 is 1.87 bits per heavy atom. The number of H-pyrrole nitrogens is 1. The van der Waals surface area contributed by atoms with Crippen LogP contribution in [-0.2, 0) is 0 Å². The number of hydrogen-bond donors (Lipinski definition) is 1. The third-order valence-electron chi connectivity index (χ3n) is 5.97. The summed E-state index contributed by atoms with van der Waals surface area (Å²) in [4.78, 5) is 44.5. The first-order valence-corrected chi connectivity index (χ1v) is 10.6. The molecule has 0 spiro atoms. The molecule has 0 saturated carbocycles. The molecule has 5 rings (SSSR count). The molecular weight excluding hydrogens is 406 g/mol. The number of imidazole rings is 1. The summed E-state index contributed by atoms with van der Waals surface area (Å²) in [6, 6.07) is 1.77. The van der Waals surface area contributed by atoms with Crippen LogP contribution in [0.3, 0.4) is 0 Å². The lowest BCUT2D eigenvalue weighted by molar-refractivity contribution is 0.0792. The topological polar surface area (TPSA) is 100 Å². The van der Waals surface area contributed by atoms with Crippen LogP contribution in [0.4, 0.5) is 5.82 Å². The maximum atomic E-state index is 12.6. The minimum absolute atomic E-state index is 0.00661. The van der Waals surface area contributed by atoms with Crippen LogP contribution in [0.2, 0.25) is 5.02 Å². The first-order chi connectivity index (χ1) is 14.6. The van der Waals surface area contributed by atoms with Crippen molar-refractivity contribution in [1.29, 1.82) is 0 Å². The average molecular weight is 428 g/mol. The normalized spacial score (nSPS) is 17.8. The van der Waals surface area contributed by atoms with E-state index in [0.29, 0.717) is 40.7 Å². The third kappa shape index (κ3) is 3.32. The third-order valence-corrected chi connectivity index (χ3v) is 6.25. The Morgan fingerprint density at radius 1 is 1.10 bits per heavy atom. The van der Waals surface area contributed by atoms with Gasteiger partial charge >= 0.3 is 5.69 Å². The number of likely N-dealkylation sites (tertiary alicyclic amines) is 1. The lowest BCUT2D eigenvalue weighted by Gasteiger charge is -2.33. The van der Waals surface area contributed by atoms with Crippen molar-refractivity contribution in [2.45, 2.75) is 31.7 Å². The van der Waals surface area contributed by atoms with Crippen LogP contribution in [0.15, 0.2) is 29.6 Å². The molecule has 2 saturated heterocycles. The van der Waals surface area contributed by atoms with Gasteiger partial charge in [0.2, 0.25) is 0 Å². The lowest BCUT2D eigenvalue weighted by atomic mass is 10.0. The van der Waals surface area contributed by atoms with Crippen molar-refractivity contribution >= 4 is 34.5 Å². The van der Waals surface area contributed by atoms with Gasteiger partial charge in [0.1, 0.15) is 17.7 Å². The van der Waals surface area contributed by atoms with Gasteiger partial charge in [-0.25, -0.2) is 19.7 Å². The Hall–Kier alpha value is -2.94. The number of carbonyl (C=O) groups excluding carboxylic acids is 1. The number of fused-ring (bicyclic) bond motifs is 1. The van der Waals surface area contributed by atoms with E-state index in [1.165, 1.54) is 6.33 Å². The molecule has 0 aliphatic carbocycles. The second kappa shape index (κ2) is 7.71. The summed E-state index contributed by atoms with van der Waals surface area (Å²) in [6.45, 7) is 3.01. The number of aromatic amines is 1. The van der Waals surface area contributed by atoms with Crippen LogP contribution in [0, 0.1) is 0 Å². The molecule has 0 unspecified atom stereocenters. The predicted molar refractivity (Wildman–Crippen MR) is 113 cm³/mol. The minimum atomic E-state index is -0.162. The van der Waals surface area contributed by atoms with Crippen molar-refractivity contribution in [2.75, 3.05) is 31.1 Å². The number of hydrogen-bond acceptors (Lipinski definition) is 6. The van der Waals surface area contributed by atoms with E-state index >= 15 is 0 Å². The van der Waals surface area contributed by atoms with Crippen molar-refractivity contribution in [1.82, 2.24) is 29.4 Å². The largest absolute Gasteiger partial charge is 0.355 e. The molecule has 2 fully saturated rings. The van der Waals surface area contributed by atoms with E-state index < -0.39 is 0 Å². The number of piperidine rings is 1. The molecule has 1 N–H and O–H groups in total. The van der Waals surface area contributed by atoms with Crippen molar-refractivity contribution in [2.24, 2.45) is 0 Å². The fraction of sp³-hybridized carbons (Fsp3) is 0.450. The maximum absolute atomic E-state index is 12.6. The molecule has 2 aliphatic rings. The van der Waals surface area contributed by atoms with Gasteiger partial charge in [0.15, 0.2) is 5.65 Å². The Labute approximate surface area is 177 Å². The second-order valence-electron chi connectivity index (χ2n) is 7.81. The fourth-order valence-electron chi connectivity index (χ4n) is 4.43. The summed E-state index contributed by atoms with van der Waals surface area (Å²) in [5, 5.41) is 0.482. The highest BCUT2D eigenvalue weighted by Gasteiger charge is 2.27. The van der Waals surface area contributed by atoms with Gasteiger partial charge in [0, 0.05) is 38.4 Å². The molecule has 0 bridgehead atoms. The summed E-state index contributed by atoms with van der Waals surface area (Å²) >= 11 is 6.50. The van der Waals surface area contributed by atoms with E-state index in [1.807, 2.05) is 4.90 Å². The summed E-state index contributed by atoms with van der Waals surface area (Å²) in [7, 11) is 0. The summed E-state index contributed by atoms with van der Waals surface area (Å²) in [6.07, 6.45) is 8.32. The van der Waals surface area contributed by atoms with Gasteiger partial charge < -0.3 is 14.8 Å². The van der Waals surface area contributed by atoms with E-state index in [1.54, 1.807) is 23.0 Å². The predicted octanol–water partition coefficient (Wildman–Crippen LogP) is 2.25. The van der Waals surface area contributed by atoms with Gasteiger partial charge in [-0.2, -0.15) is 0 Å². The summed E-state index contributed by atoms with van der Waals surface area (Å²) in [5.74, 6) is 0.676. The van der Waals surface area contributed by atoms with Crippen molar-refractivity contribution in [3.05, 3.63) is 45.9 Å². The Kier molecular flexibility index (Phi) is 4.90. The smallest absolute Gasteiger partial charge is 0.327 e. The number of amides is 1. The number of rotatable bonds is 3. The number of pyridine rings is 1. The highest BCUT2D eigenvalue weighted by atomic mass is 35.5. The van der Waals surface area contributed by atoms with Gasteiger partial charge in [-0.3, -0.25) is 9.36 Å². The Morgan fingerprint density at radius 3 is 2.60 bits per heavy atom. The van der Waals surface area contributed by atoms with Gasteiger partial charge in [-0.1, -0.05) is 11.6 Å². The van der Waals surface area contributed by atoms with Crippen LogP contribution < -0.4 is 10.6 Å². The molecule has 3 aromatic heterocycles. The van der Waals surface area contributed by atoms with E-state index in [-0.39, 0.29) is 17.6 Å². The maximum Gasteiger partial charge on any atom is 0.327 e. The molecule has 10 heteroatoms. The minimum Gasteiger partial charge on any atom is -0.355 e. The molecule has 1 amide bonds. The van der Waals surface area contributed by atoms with Gasteiger partial charge in [0.25, 0.3) is 5.91 Å². The van der Waals surface area contributed by atoms with Crippen molar-refractivity contribution in [3.8, 4) is 0 Å². The number of nitrogens with one attached hydrogen (secondary N) is 1. The molecule has 0 atom stereocenters. The average Bonchev–Trinajstić information content (AvgIpc) is 3.41. The molecule has 0 radical (unpaired) electrons. The molecule has 3 aromatic rings. The van der Waals surface area contributed by atoms with Crippen molar-refractivity contribution < 1.29 is 4.79 Å². The highest BCUT2D eigenvalue weighted by Crippen LogP contribution is 2.31. The number of aromatic nitrogens is 5. The quantitative estimate of drug-likeness (QED) is 0.688. The van der Waals surface area contributed by atoms with Gasteiger partial charge in [-0.05, 0) is 31.7 Å². The fourth-order valence-corrected chi connectivity index (χ4v) is 4.72. The Bertz CT molecular complexity index is 1140. The molecule has 156 valence electrons. The molecule has 0 aromatic carbocycles. The monoisotopic (exact) mass is 427 g/mol. The molecular formula is C20H22ClN7O2. The second-order valence-corrected chi connectivity index (χ2v) is 8.21. The summed E-state index contributed by atoms with van der Waals surface area (Å²) in [5.41, 5.74) is 1.65. The zero-order valence-corrected chi connectivity index (χ0v) is 17.2. The SMILES string of the molecule is O=C(c1cnc(N2CCC(n3c(=O)[nH]c4cncnc43)CC2)c(Cl)c1)N1CCCC1. The number of nitrogens with zero attached hydrogens (tertiary/aromatic N) is 6. The van der Waals surface area contributed by atoms with Crippen LogP contribution in [0.5, 0.6) is 0 Å². The number of carbonyl (C=O) groups is 1. The van der Waals surface area contributed by atoms with Crippen LogP contribution in [0.25, 0.3) is 11.2 Å². The lowest BCUT2D eigenvalue weighted by Crippen LogP contribution is -2.37. The van der Waals surface area contributed by atoms with Crippen molar-refractivity contribution in [3.63, 3.8) is 0 Å². The molecule has 9 nitrogen and oxygen atoms in total. The van der Waals surface area contributed by atoms with Crippen LogP contribution in [-0.4, -0.2) is 61.5 Å². The van der Waals surface area contributed by atoms with E-state index in [9.17, 15) is 9.59 Å². The first kappa shape index (κ1) is 19.0. The van der Waals surface area contributed by atoms with E-state index in [2.05, 4.69) is 24.8 Å². The molecule has 2 aliphatic heterocycles. The first-order valence-electron chi connectivity index (χ1n) is 10.2. The zero-order chi connectivity index (χ0) is 20.7.